The SMILES string of the molecule is COc1ccc(CCNCC(O)CBr)cc1OC. The Kier molecular flexibility index (Phi) is 7.08. The van der Waals surface area contributed by atoms with Crippen molar-refractivity contribution in [3.8, 4) is 11.5 Å². The van der Waals surface area contributed by atoms with E-state index < -0.39 is 0 Å². The number of benzene rings is 1. The Morgan fingerprint density at radius 3 is 2.61 bits per heavy atom. The van der Waals surface area contributed by atoms with E-state index in [0.29, 0.717) is 11.9 Å². The number of halogens is 1. The van der Waals surface area contributed by atoms with Crippen LogP contribution in [-0.4, -0.2) is 43.8 Å². The van der Waals surface area contributed by atoms with E-state index in [1.54, 1.807) is 14.2 Å². The Morgan fingerprint density at radius 2 is 2.00 bits per heavy atom. The molecule has 0 aromatic heterocycles. The zero-order valence-electron chi connectivity index (χ0n) is 10.8. The van der Waals surface area contributed by atoms with E-state index in [9.17, 15) is 5.11 Å². The number of nitrogens with one attached hydrogen (secondary N) is 1. The molecule has 0 bridgehead atoms. The third kappa shape index (κ3) is 4.84. The maximum atomic E-state index is 9.36. The fourth-order valence-electron chi connectivity index (χ4n) is 1.59. The molecular weight excluding hydrogens is 298 g/mol. The van der Waals surface area contributed by atoms with Crippen LogP contribution in [0.4, 0.5) is 0 Å². The standard InChI is InChI=1S/C13H20BrNO3/c1-17-12-4-3-10(7-13(12)18-2)5-6-15-9-11(16)8-14/h3-4,7,11,15-16H,5-6,8-9H2,1-2H3. The van der Waals surface area contributed by atoms with Crippen molar-refractivity contribution in [3.05, 3.63) is 23.8 Å². The summed E-state index contributed by atoms with van der Waals surface area (Å²) in [6.45, 7) is 1.41. The topological polar surface area (TPSA) is 50.7 Å². The quantitative estimate of drug-likeness (QED) is 0.565. The number of alkyl halides is 1. The minimum atomic E-state index is -0.338. The lowest BCUT2D eigenvalue weighted by Crippen LogP contribution is -2.29. The van der Waals surface area contributed by atoms with E-state index in [1.165, 1.54) is 5.56 Å². The van der Waals surface area contributed by atoms with E-state index >= 15 is 0 Å². The molecule has 0 saturated carbocycles. The van der Waals surface area contributed by atoms with Crippen molar-refractivity contribution < 1.29 is 14.6 Å². The second kappa shape index (κ2) is 8.34. The summed E-state index contributed by atoms with van der Waals surface area (Å²) < 4.78 is 10.4. The Hall–Kier alpha value is -0.780. The first kappa shape index (κ1) is 15.3. The van der Waals surface area contributed by atoms with Crippen molar-refractivity contribution >= 4 is 15.9 Å². The van der Waals surface area contributed by atoms with Gasteiger partial charge in [-0.2, -0.15) is 0 Å². The van der Waals surface area contributed by atoms with Gasteiger partial charge in [-0.1, -0.05) is 22.0 Å². The summed E-state index contributed by atoms with van der Waals surface area (Å²) in [7, 11) is 3.26. The van der Waals surface area contributed by atoms with Gasteiger partial charge in [0.15, 0.2) is 11.5 Å². The molecule has 1 unspecified atom stereocenters. The van der Waals surface area contributed by atoms with Gasteiger partial charge in [0.05, 0.1) is 20.3 Å². The Labute approximate surface area is 116 Å². The lowest BCUT2D eigenvalue weighted by Gasteiger charge is -2.11. The molecule has 0 radical (unpaired) electrons. The van der Waals surface area contributed by atoms with E-state index in [4.69, 9.17) is 9.47 Å². The molecule has 18 heavy (non-hydrogen) atoms. The molecule has 1 rings (SSSR count). The maximum Gasteiger partial charge on any atom is 0.160 e. The summed E-state index contributed by atoms with van der Waals surface area (Å²) in [5, 5.41) is 13.2. The van der Waals surface area contributed by atoms with Crippen molar-refractivity contribution in [3.63, 3.8) is 0 Å². The van der Waals surface area contributed by atoms with Crippen LogP contribution in [0, 0.1) is 0 Å². The van der Waals surface area contributed by atoms with Crippen LogP contribution in [0.2, 0.25) is 0 Å². The molecule has 1 aromatic rings. The second-order valence-electron chi connectivity index (χ2n) is 3.95. The van der Waals surface area contributed by atoms with Gasteiger partial charge in [0.2, 0.25) is 0 Å². The smallest absolute Gasteiger partial charge is 0.160 e. The third-order valence-corrected chi connectivity index (χ3v) is 3.34. The normalized spacial score (nSPS) is 12.2. The molecule has 102 valence electrons. The number of rotatable bonds is 8. The molecule has 2 N–H and O–H groups in total. The fraction of sp³-hybridized carbons (Fsp3) is 0.538. The number of hydrogen-bond donors (Lipinski definition) is 2. The molecule has 0 aliphatic carbocycles. The highest BCUT2D eigenvalue weighted by molar-refractivity contribution is 9.09. The highest BCUT2D eigenvalue weighted by Gasteiger charge is 2.05. The molecule has 4 nitrogen and oxygen atoms in total. The first-order valence-corrected chi connectivity index (χ1v) is 6.99. The van der Waals surface area contributed by atoms with Gasteiger partial charge in [0.1, 0.15) is 0 Å². The molecule has 1 aromatic carbocycles. The minimum Gasteiger partial charge on any atom is -0.493 e. The van der Waals surface area contributed by atoms with Crippen LogP contribution in [0.3, 0.4) is 0 Å². The highest BCUT2D eigenvalue weighted by atomic mass is 79.9. The summed E-state index contributed by atoms with van der Waals surface area (Å²) in [5.74, 6) is 1.49. The van der Waals surface area contributed by atoms with Gasteiger partial charge in [0.25, 0.3) is 0 Å². The summed E-state index contributed by atoms with van der Waals surface area (Å²) in [6.07, 6.45) is 0.547. The van der Waals surface area contributed by atoms with Gasteiger partial charge in [-0.25, -0.2) is 0 Å². The van der Waals surface area contributed by atoms with Gasteiger partial charge >= 0.3 is 0 Å². The second-order valence-corrected chi connectivity index (χ2v) is 4.60. The van der Waals surface area contributed by atoms with E-state index in [-0.39, 0.29) is 6.10 Å². The van der Waals surface area contributed by atoms with Gasteiger partial charge < -0.3 is 19.9 Å². The Bertz CT molecular complexity index is 360. The van der Waals surface area contributed by atoms with Crippen molar-refractivity contribution in [2.24, 2.45) is 0 Å². The fourth-order valence-corrected chi connectivity index (χ4v) is 1.82. The summed E-state index contributed by atoms with van der Waals surface area (Å²) >= 11 is 3.23. The van der Waals surface area contributed by atoms with E-state index in [0.717, 1.165) is 24.5 Å². The van der Waals surface area contributed by atoms with Crippen molar-refractivity contribution in [1.82, 2.24) is 5.32 Å². The first-order valence-electron chi connectivity index (χ1n) is 5.87. The molecule has 1 atom stereocenters. The van der Waals surface area contributed by atoms with Crippen molar-refractivity contribution in [2.45, 2.75) is 12.5 Å². The molecule has 0 aliphatic rings. The Balaban J connectivity index is 2.43. The van der Waals surface area contributed by atoms with E-state index in [2.05, 4.69) is 21.2 Å². The summed E-state index contributed by atoms with van der Waals surface area (Å²) in [6, 6.07) is 5.90. The minimum absolute atomic E-state index is 0.338. The number of aliphatic hydroxyl groups is 1. The zero-order valence-corrected chi connectivity index (χ0v) is 12.4. The maximum absolute atomic E-state index is 9.36. The molecule has 0 saturated heterocycles. The molecule has 0 fully saturated rings. The average Bonchev–Trinajstić information content (AvgIpc) is 2.42. The van der Waals surface area contributed by atoms with Crippen LogP contribution >= 0.6 is 15.9 Å². The van der Waals surface area contributed by atoms with Crippen LogP contribution in [0.5, 0.6) is 11.5 Å². The number of hydrogen-bond acceptors (Lipinski definition) is 4. The largest absolute Gasteiger partial charge is 0.493 e. The van der Waals surface area contributed by atoms with Crippen molar-refractivity contribution in [1.29, 1.82) is 0 Å². The molecule has 0 amide bonds. The van der Waals surface area contributed by atoms with Crippen LogP contribution in [0.25, 0.3) is 0 Å². The van der Waals surface area contributed by atoms with Gasteiger partial charge in [-0.15, -0.1) is 0 Å². The Morgan fingerprint density at radius 1 is 1.28 bits per heavy atom. The average molecular weight is 318 g/mol. The predicted octanol–water partition coefficient (Wildman–Crippen LogP) is 1.59. The molecule has 0 aliphatic heterocycles. The van der Waals surface area contributed by atoms with E-state index in [1.807, 2.05) is 18.2 Å². The summed E-state index contributed by atoms with van der Waals surface area (Å²) in [4.78, 5) is 0. The first-order chi connectivity index (χ1) is 8.71. The lowest BCUT2D eigenvalue weighted by atomic mass is 10.1. The number of methoxy groups -OCH3 is 2. The zero-order chi connectivity index (χ0) is 13.4. The van der Waals surface area contributed by atoms with Crippen LogP contribution in [0.15, 0.2) is 18.2 Å². The molecular formula is C13H20BrNO3. The lowest BCUT2D eigenvalue weighted by molar-refractivity contribution is 0.197. The predicted molar refractivity (Wildman–Crippen MR) is 75.9 cm³/mol. The molecule has 0 heterocycles. The van der Waals surface area contributed by atoms with Gasteiger partial charge in [-0.3, -0.25) is 0 Å². The van der Waals surface area contributed by atoms with Crippen LogP contribution < -0.4 is 14.8 Å². The number of aliphatic hydroxyl groups excluding tert-OH is 1. The monoisotopic (exact) mass is 317 g/mol. The summed E-state index contributed by atoms with van der Waals surface area (Å²) in [5.41, 5.74) is 1.17. The van der Waals surface area contributed by atoms with Crippen LogP contribution in [-0.2, 0) is 6.42 Å². The van der Waals surface area contributed by atoms with Crippen molar-refractivity contribution in [2.75, 3.05) is 32.6 Å². The molecule has 0 spiro atoms. The highest BCUT2D eigenvalue weighted by Crippen LogP contribution is 2.27. The molecule has 5 heteroatoms. The number of ether oxygens (including phenoxy) is 2. The van der Waals surface area contributed by atoms with Gasteiger partial charge in [0, 0.05) is 11.9 Å². The third-order valence-electron chi connectivity index (χ3n) is 2.60. The van der Waals surface area contributed by atoms with Gasteiger partial charge in [-0.05, 0) is 30.7 Å². The van der Waals surface area contributed by atoms with Crippen LogP contribution in [0.1, 0.15) is 5.56 Å².